The fourth-order valence-corrected chi connectivity index (χ4v) is 2.76. The molecular formula is C14H24N2O3. The van der Waals surface area contributed by atoms with Crippen molar-refractivity contribution in [1.82, 2.24) is 10.2 Å². The number of nitrogens with zero attached hydrogens (tertiary/aromatic N) is 1. The number of likely N-dealkylation sites (tertiary alicyclic amines) is 1. The molecule has 5 nitrogen and oxygen atoms in total. The normalized spacial score (nSPS) is 27.9. The molecule has 2 rings (SSSR count). The molecule has 2 saturated heterocycles. The summed E-state index contributed by atoms with van der Waals surface area (Å²) in [6, 6.07) is 0.438. The van der Waals surface area contributed by atoms with Crippen LogP contribution in [-0.4, -0.2) is 41.6 Å². The minimum atomic E-state index is -0.553. The molecule has 0 aromatic carbocycles. The summed E-state index contributed by atoms with van der Waals surface area (Å²) in [6.45, 7) is 6.97. The lowest BCUT2D eigenvalue weighted by Crippen LogP contribution is -2.39. The van der Waals surface area contributed by atoms with E-state index in [9.17, 15) is 9.59 Å². The second-order valence-corrected chi connectivity index (χ2v) is 6.48. The first-order valence-electron chi connectivity index (χ1n) is 7.14. The van der Waals surface area contributed by atoms with E-state index in [2.05, 4.69) is 5.32 Å². The van der Waals surface area contributed by atoms with Gasteiger partial charge in [-0.3, -0.25) is 4.79 Å². The van der Waals surface area contributed by atoms with Crippen molar-refractivity contribution in [2.45, 2.75) is 58.1 Å². The maximum atomic E-state index is 12.2. The molecule has 0 spiro atoms. The number of amides is 2. The number of hydrogen-bond acceptors (Lipinski definition) is 4. The van der Waals surface area contributed by atoms with Crippen LogP contribution in [0.15, 0.2) is 0 Å². The van der Waals surface area contributed by atoms with Crippen molar-refractivity contribution >= 4 is 12.0 Å². The predicted molar refractivity (Wildman–Crippen MR) is 71.7 cm³/mol. The Balaban J connectivity index is 1.88. The molecule has 0 radical (unpaired) electrons. The van der Waals surface area contributed by atoms with Gasteiger partial charge < -0.3 is 10.1 Å². The summed E-state index contributed by atoms with van der Waals surface area (Å²) in [5, 5.41) is 3.40. The van der Waals surface area contributed by atoms with Gasteiger partial charge in [-0.15, -0.1) is 0 Å². The van der Waals surface area contributed by atoms with Crippen LogP contribution in [0.25, 0.3) is 0 Å². The zero-order valence-corrected chi connectivity index (χ0v) is 12.1. The molecule has 0 bridgehead atoms. The van der Waals surface area contributed by atoms with Crippen LogP contribution in [-0.2, 0) is 9.53 Å². The number of carbonyl (C=O) groups excluding carboxylic acids is 2. The van der Waals surface area contributed by atoms with Crippen molar-refractivity contribution < 1.29 is 14.3 Å². The van der Waals surface area contributed by atoms with Gasteiger partial charge >= 0.3 is 6.09 Å². The van der Waals surface area contributed by atoms with E-state index < -0.39 is 11.7 Å². The first-order valence-corrected chi connectivity index (χ1v) is 7.14. The first-order chi connectivity index (χ1) is 8.87. The van der Waals surface area contributed by atoms with Crippen molar-refractivity contribution in [2.75, 3.05) is 13.1 Å². The van der Waals surface area contributed by atoms with Gasteiger partial charge in [-0.05, 0) is 53.0 Å². The number of carbonyl (C=O) groups is 2. The standard InChI is InChI=1S/C14H24N2O3/c1-14(2,3)19-13(18)16-8-6-10(12(16)17)9-11-5-4-7-15-11/h10-11,15H,4-9H2,1-3H3. The fourth-order valence-electron chi connectivity index (χ4n) is 2.76. The molecule has 2 heterocycles. The molecule has 2 unspecified atom stereocenters. The Kier molecular flexibility index (Phi) is 4.13. The molecule has 0 aromatic rings. The van der Waals surface area contributed by atoms with Crippen LogP contribution in [0.3, 0.4) is 0 Å². The Morgan fingerprint density at radius 1 is 1.42 bits per heavy atom. The number of rotatable bonds is 2. The lowest BCUT2D eigenvalue weighted by atomic mass is 9.97. The highest BCUT2D eigenvalue weighted by molar-refractivity contribution is 5.95. The van der Waals surface area contributed by atoms with Gasteiger partial charge in [-0.1, -0.05) is 0 Å². The molecule has 2 aliphatic rings. The van der Waals surface area contributed by atoms with E-state index in [4.69, 9.17) is 4.74 Å². The third kappa shape index (κ3) is 3.69. The molecule has 2 aliphatic heterocycles. The third-order valence-electron chi connectivity index (χ3n) is 3.66. The molecule has 0 saturated carbocycles. The Labute approximate surface area is 114 Å². The molecule has 2 fully saturated rings. The average Bonchev–Trinajstić information content (AvgIpc) is 2.88. The molecule has 2 amide bonds. The quantitative estimate of drug-likeness (QED) is 0.831. The summed E-state index contributed by atoms with van der Waals surface area (Å²) in [5.74, 6) is -0.0916. The summed E-state index contributed by atoms with van der Waals surface area (Å²) >= 11 is 0. The third-order valence-corrected chi connectivity index (χ3v) is 3.66. The number of hydrogen-bond donors (Lipinski definition) is 1. The number of ether oxygens (including phenoxy) is 1. The Morgan fingerprint density at radius 2 is 2.16 bits per heavy atom. The van der Waals surface area contributed by atoms with Crippen LogP contribution in [0.5, 0.6) is 0 Å². The van der Waals surface area contributed by atoms with Crippen LogP contribution in [0.4, 0.5) is 4.79 Å². The van der Waals surface area contributed by atoms with Gasteiger partial charge in [-0.25, -0.2) is 9.69 Å². The monoisotopic (exact) mass is 268 g/mol. The van der Waals surface area contributed by atoms with Crippen molar-refractivity contribution in [3.05, 3.63) is 0 Å². The molecule has 2 atom stereocenters. The highest BCUT2D eigenvalue weighted by Gasteiger charge is 2.38. The molecule has 0 aliphatic carbocycles. The number of imide groups is 1. The second kappa shape index (κ2) is 5.49. The molecular weight excluding hydrogens is 244 g/mol. The summed E-state index contributed by atoms with van der Waals surface area (Å²) in [4.78, 5) is 25.4. The van der Waals surface area contributed by atoms with Crippen LogP contribution in [0.2, 0.25) is 0 Å². The maximum absolute atomic E-state index is 12.2. The SMILES string of the molecule is CC(C)(C)OC(=O)N1CCC(CC2CCCN2)C1=O. The van der Waals surface area contributed by atoms with Crippen LogP contribution in [0.1, 0.15) is 46.5 Å². The lowest BCUT2D eigenvalue weighted by molar-refractivity contribution is -0.130. The summed E-state index contributed by atoms with van der Waals surface area (Å²) in [6.07, 6.45) is 3.42. The van der Waals surface area contributed by atoms with E-state index in [1.54, 1.807) is 0 Å². The minimum Gasteiger partial charge on any atom is -0.443 e. The van der Waals surface area contributed by atoms with Gasteiger partial charge in [0.15, 0.2) is 0 Å². The summed E-state index contributed by atoms with van der Waals surface area (Å²) in [5.41, 5.74) is -0.553. The highest BCUT2D eigenvalue weighted by Crippen LogP contribution is 2.26. The Morgan fingerprint density at radius 3 is 2.74 bits per heavy atom. The van der Waals surface area contributed by atoms with Gasteiger partial charge in [-0.2, -0.15) is 0 Å². The van der Waals surface area contributed by atoms with E-state index in [1.807, 2.05) is 20.8 Å². The Hall–Kier alpha value is -1.10. The van der Waals surface area contributed by atoms with Gasteiger partial charge in [0, 0.05) is 18.5 Å². The fraction of sp³-hybridized carbons (Fsp3) is 0.857. The smallest absolute Gasteiger partial charge is 0.417 e. The van der Waals surface area contributed by atoms with Crippen LogP contribution in [0, 0.1) is 5.92 Å². The van der Waals surface area contributed by atoms with Gasteiger partial charge in [0.1, 0.15) is 5.60 Å². The molecule has 108 valence electrons. The van der Waals surface area contributed by atoms with E-state index in [0.717, 1.165) is 25.8 Å². The maximum Gasteiger partial charge on any atom is 0.417 e. The number of nitrogens with one attached hydrogen (secondary N) is 1. The molecule has 0 aromatic heterocycles. The largest absolute Gasteiger partial charge is 0.443 e. The predicted octanol–water partition coefficient (Wildman–Crippen LogP) is 1.91. The summed E-state index contributed by atoms with van der Waals surface area (Å²) < 4.78 is 5.26. The van der Waals surface area contributed by atoms with E-state index in [0.29, 0.717) is 12.6 Å². The summed E-state index contributed by atoms with van der Waals surface area (Å²) in [7, 11) is 0. The van der Waals surface area contributed by atoms with Gasteiger partial charge in [0.25, 0.3) is 0 Å². The minimum absolute atomic E-state index is 0.0249. The van der Waals surface area contributed by atoms with Gasteiger partial charge in [0.2, 0.25) is 5.91 Å². The van der Waals surface area contributed by atoms with E-state index >= 15 is 0 Å². The van der Waals surface area contributed by atoms with Crippen molar-refractivity contribution in [2.24, 2.45) is 5.92 Å². The van der Waals surface area contributed by atoms with Gasteiger partial charge in [0.05, 0.1) is 0 Å². The topological polar surface area (TPSA) is 58.6 Å². The van der Waals surface area contributed by atoms with Crippen molar-refractivity contribution in [1.29, 1.82) is 0 Å². The average molecular weight is 268 g/mol. The molecule has 19 heavy (non-hydrogen) atoms. The zero-order chi connectivity index (χ0) is 14.0. The Bertz CT molecular complexity index is 356. The lowest BCUT2D eigenvalue weighted by Gasteiger charge is -2.23. The molecule has 5 heteroatoms. The van der Waals surface area contributed by atoms with Crippen LogP contribution >= 0.6 is 0 Å². The van der Waals surface area contributed by atoms with Crippen LogP contribution < -0.4 is 5.32 Å². The van der Waals surface area contributed by atoms with E-state index in [-0.39, 0.29) is 11.8 Å². The van der Waals surface area contributed by atoms with Crippen molar-refractivity contribution in [3.63, 3.8) is 0 Å². The zero-order valence-electron chi connectivity index (χ0n) is 12.1. The highest BCUT2D eigenvalue weighted by atomic mass is 16.6. The first kappa shape index (κ1) is 14.3. The van der Waals surface area contributed by atoms with E-state index in [1.165, 1.54) is 11.3 Å². The molecule has 1 N–H and O–H groups in total. The second-order valence-electron chi connectivity index (χ2n) is 6.48. The van der Waals surface area contributed by atoms with Crippen molar-refractivity contribution in [3.8, 4) is 0 Å².